The van der Waals surface area contributed by atoms with Gasteiger partial charge in [0.25, 0.3) is 5.91 Å². The molecule has 4 rings (SSSR count). The van der Waals surface area contributed by atoms with Gasteiger partial charge in [0, 0.05) is 48.8 Å². The van der Waals surface area contributed by atoms with Crippen LogP contribution in [0.2, 0.25) is 0 Å². The van der Waals surface area contributed by atoms with Gasteiger partial charge in [-0.1, -0.05) is 6.92 Å². The van der Waals surface area contributed by atoms with Crippen LogP contribution in [0.25, 0.3) is 16.9 Å². The van der Waals surface area contributed by atoms with Crippen molar-refractivity contribution < 1.29 is 9.59 Å². The van der Waals surface area contributed by atoms with E-state index in [-0.39, 0.29) is 18.0 Å². The van der Waals surface area contributed by atoms with Crippen LogP contribution in [0, 0.1) is 17.2 Å². The molecule has 1 aliphatic carbocycles. The Hall–Kier alpha value is -3.80. The summed E-state index contributed by atoms with van der Waals surface area (Å²) in [6.07, 6.45) is 9.63. The molecular weight excluding hydrogens is 442 g/mol. The monoisotopic (exact) mass is 473 g/mol. The number of pyridine rings is 2. The number of anilines is 1. The number of rotatable bonds is 8. The highest BCUT2D eigenvalue weighted by Gasteiger charge is 2.25. The number of hydrogen-bond acceptors (Lipinski definition) is 7. The van der Waals surface area contributed by atoms with E-state index in [1.54, 1.807) is 29.2 Å². The number of aromatic nitrogens is 4. The van der Waals surface area contributed by atoms with Gasteiger partial charge in [-0.25, -0.2) is 9.97 Å². The third kappa shape index (κ3) is 5.65. The number of nitriles is 1. The first-order valence-electron chi connectivity index (χ1n) is 12.2. The molecule has 1 fully saturated rings. The molecule has 0 spiro atoms. The molecule has 0 aromatic carbocycles. The van der Waals surface area contributed by atoms with Gasteiger partial charge in [-0.05, 0) is 51.5 Å². The zero-order chi connectivity index (χ0) is 24.9. The summed E-state index contributed by atoms with van der Waals surface area (Å²) in [6, 6.07) is 5.81. The summed E-state index contributed by atoms with van der Waals surface area (Å²) in [5, 5.41) is 20.8. The topological polar surface area (TPSA) is 126 Å². The van der Waals surface area contributed by atoms with Crippen LogP contribution in [0.1, 0.15) is 75.2 Å². The Kier molecular flexibility index (Phi) is 7.39. The van der Waals surface area contributed by atoms with E-state index in [4.69, 9.17) is 5.26 Å². The Morgan fingerprint density at radius 1 is 1.14 bits per heavy atom. The number of carbonyl (C=O) groups excluding carboxylic acids is 2. The standard InChI is InChI=1S/C26H31N7O2/c1-4-21(34)10-17-5-7-20(8-6-17)32-26(35)22-15-28-24(11-23(22)31-16(2)3)33-25-19(14-30-33)9-18(12-27)13-29-25/h9,11,13-17,20H,4-8,10H2,1-3H3,(H,28,31)(H,32,35). The van der Waals surface area contributed by atoms with Crippen molar-refractivity contribution in [3.05, 3.63) is 41.9 Å². The highest BCUT2D eigenvalue weighted by atomic mass is 16.1. The van der Waals surface area contributed by atoms with Crippen LogP contribution in [0.3, 0.4) is 0 Å². The number of hydrogen-bond donors (Lipinski definition) is 2. The molecule has 9 nitrogen and oxygen atoms in total. The zero-order valence-electron chi connectivity index (χ0n) is 20.4. The zero-order valence-corrected chi connectivity index (χ0v) is 20.4. The molecule has 0 saturated heterocycles. The Labute approximate surface area is 205 Å². The summed E-state index contributed by atoms with van der Waals surface area (Å²) < 4.78 is 1.60. The molecule has 0 aliphatic heterocycles. The van der Waals surface area contributed by atoms with Crippen molar-refractivity contribution in [1.82, 2.24) is 25.1 Å². The van der Waals surface area contributed by atoms with Gasteiger partial charge >= 0.3 is 0 Å². The average Bonchev–Trinajstić information content (AvgIpc) is 3.27. The van der Waals surface area contributed by atoms with E-state index in [0.29, 0.717) is 52.8 Å². The summed E-state index contributed by atoms with van der Waals surface area (Å²) >= 11 is 0. The lowest BCUT2D eigenvalue weighted by molar-refractivity contribution is -0.119. The van der Waals surface area contributed by atoms with E-state index in [1.165, 1.54) is 6.20 Å². The fourth-order valence-corrected chi connectivity index (χ4v) is 4.56. The Morgan fingerprint density at radius 2 is 1.91 bits per heavy atom. The van der Waals surface area contributed by atoms with Crippen LogP contribution >= 0.6 is 0 Å². The molecule has 0 atom stereocenters. The number of ketones is 1. The summed E-state index contributed by atoms with van der Waals surface area (Å²) in [6.45, 7) is 5.93. The van der Waals surface area contributed by atoms with Crippen molar-refractivity contribution >= 4 is 28.4 Å². The van der Waals surface area contributed by atoms with Crippen molar-refractivity contribution in [1.29, 1.82) is 5.26 Å². The first-order chi connectivity index (χ1) is 16.9. The summed E-state index contributed by atoms with van der Waals surface area (Å²) in [5.41, 5.74) is 2.19. The molecule has 1 saturated carbocycles. The molecular formula is C26H31N7O2. The SMILES string of the molecule is CCC(=O)CC1CCC(NC(=O)c2cnc(-n3ncc4cc(C#N)cnc43)cc2NC(C)C)CC1. The maximum atomic E-state index is 13.2. The lowest BCUT2D eigenvalue weighted by Gasteiger charge is -2.29. The van der Waals surface area contributed by atoms with Crippen molar-refractivity contribution in [3.8, 4) is 11.9 Å². The second kappa shape index (κ2) is 10.6. The lowest BCUT2D eigenvalue weighted by atomic mass is 9.83. The number of amides is 1. The van der Waals surface area contributed by atoms with Gasteiger partial charge in [0.05, 0.1) is 23.0 Å². The molecule has 2 N–H and O–H groups in total. The molecule has 3 aromatic heterocycles. The number of fused-ring (bicyclic) bond motifs is 1. The van der Waals surface area contributed by atoms with Crippen LogP contribution in [0.15, 0.2) is 30.7 Å². The van der Waals surface area contributed by atoms with Crippen molar-refractivity contribution in [2.75, 3.05) is 5.32 Å². The van der Waals surface area contributed by atoms with E-state index in [1.807, 2.05) is 20.8 Å². The first kappa shape index (κ1) is 24.3. The number of carbonyl (C=O) groups is 2. The fraction of sp³-hybridized carbons (Fsp3) is 0.462. The summed E-state index contributed by atoms with van der Waals surface area (Å²) in [4.78, 5) is 33.8. The third-order valence-corrected chi connectivity index (χ3v) is 6.43. The minimum Gasteiger partial charge on any atom is -0.382 e. The molecule has 182 valence electrons. The molecule has 9 heteroatoms. The van der Waals surface area contributed by atoms with Gasteiger partial charge in [-0.2, -0.15) is 15.0 Å². The lowest BCUT2D eigenvalue weighted by Crippen LogP contribution is -2.38. The summed E-state index contributed by atoms with van der Waals surface area (Å²) in [7, 11) is 0. The Morgan fingerprint density at radius 3 is 2.60 bits per heavy atom. The predicted octanol–water partition coefficient (Wildman–Crippen LogP) is 4.17. The molecule has 35 heavy (non-hydrogen) atoms. The van der Waals surface area contributed by atoms with E-state index in [9.17, 15) is 9.59 Å². The van der Waals surface area contributed by atoms with Crippen LogP contribution in [-0.2, 0) is 4.79 Å². The Balaban J connectivity index is 1.52. The van der Waals surface area contributed by atoms with Gasteiger partial charge in [0.1, 0.15) is 11.9 Å². The number of Topliss-reactive ketones (excluding diaryl/α,β-unsaturated/α-hetero) is 1. The number of nitrogens with one attached hydrogen (secondary N) is 2. The molecule has 1 amide bonds. The normalized spacial score (nSPS) is 17.8. The first-order valence-corrected chi connectivity index (χ1v) is 12.2. The smallest absolute Gasteiger partial charge is 0.255 e. The maximum Gasteiger partial charge on any atom is 0.255 e. The summed E-state index contributed by atoms with van der Waals surface area (Å²) in [5.74, 6) is 1.11. The Bertz CT molecular complexity index is 1270. The van der Waals surface area contributed by atoms with E-state index in [0.717, 1.165) is 31.1 Å². The molecule has 0 unspecified atom stereocenters. The highest BCUT2D eigenvalue weighted by Crippen LogP contribution is 2.28. The van der Waals surface area contributed by atoms with Gasteiger partial charge in [0.2, 0.25) is 0 Å². The van der Waals surface area contributed by atoms with Crippen molar-refractivity contribution in [2.45, 2.75) is 71.4 Å². The third-order valence-electron chi connectivity index (χ3n) is 6.43. The maximum absolute atomic E-state index is 13.2. The minimum absolute atomic E-state index is 0.0932. The largest absolute Gasteiger partial charge is 0.382 e. The van der Waals surface area contributed by atoms with E-state index < -0.39 is 0 Å². The van der Waals surface area contributed by atoms with Crippen LogP contribution in [0.4, 0.5) is 5.69 Å². The van der Waals surface area contributed by atoms with Crippen LogP contribution in [0.5, 0.6) is 0 Å². The minimum atomic E-state index is -0.164. The molecule has 3 heterocycles. The molecule has 3 aromatic rings. The second-order valence-electron chi connectivity index (χ2n) is 9.48. The average molecular weight is 474 g/mol. The predicted molar refractivity (Wildman–Crippen MR) is 133 cm³/mol. The fourth-order valence-electron chi connectivity index (χ4n) is 4.56. The second-order valence-corrected chi connectivity index (χ2v) is 9.48. The van der Waals surface area contributed by atoms with Gasteiger partial charge in [-0.3, -0.25) is 9.59 Å². The molecule has 1 aliphatic rings. The highest BCUT2D eigenvalue weighted by molar-refractivity contribution is 5.99. The van der Waals surface area contributed by atoms with Crippen molar-refractivity contribution in [3.63, 3.8) is 0 Å². The van der Waals surface area contributed by atoms with E-state index in [2.05, 4.69) is 31.8 Å². The van der Waals surface area contributed by atoms with E-state index >= 15 is 0 Å². The van der Waals surface area contributed by atoms with Crippen molar-refractivity contribution in [2.24, 2.45) is 5.92 Å². The van der Waals surface area contributed by atoms with Crippen LogP contribution in [-0.4, -0.2) is 43.5 Å². The quantitative estimate of drug-likeness (QED) is 0.503. The van der Waals surface area contributed by atoms with Gasteiger partial charge < -0.3 is 10.6 Å². The molecule has 0 radical (unpaired) electrons. The van der Waals surface area contributed by atoms with Gasteiger partial charge in [-0.15, -0.1) is 0 Å². The van der Waals surface area contributed by atoms with Crippen LogP contribution < -0.4 is 10.6 Å². The van der Waals surface area contributed by atoms with Gasteiger partial charge in [0.15, 0.2) is 11.5 Å². The molecule has 0 bridgehead atoms. The number of nitrogens with zero attached hydrogens (tertiary/aromatic N) is 5.